The van der Waals surface area contributed by atoms with Crippen LogP contribution >= 0.6 is 0 Å². The van der Waals surface area contributed by atoms with E-state index in [0.29, 0.717) is 17.9 Å². The minimum atomic E-state index is -0.913. The van der Waals surface area contributed by atoms with E-state index in [2.05, 4.69) is 6.58 Å². The number of hydrogen-bond acceptors (Lipinski definition) is 2. The first kappa shape index (κ1) is 13.9. The molecule has 0 aromatic heterocycles. The lowest BCUT2D eigenvalue weighted by Crippen LogP contribution is -1.95. The fraction of sp³-hybridized carbons (Fsp3) is 0.118. The summed E-state index contributed by atoms with van der Waals surface area (Å²) in [5, 5.41) is 8.87. The third-order valence-electron chi connectivity index (χ3n) is 2.90. The average molecular weight is 268 g/mol. The SMILES string of the molecule is C=C(C)OCc1ccc(-c2ccc(C(=O)O)cc2)cc1. The molecule has 2 rings (SSSR count). The fourth-order valence-electron chi connectivity index (χ4n) is 1.81. The summed E-state index contributed by atoms with van der Waals surface area (Å²) in [5.74, 6) is -0.220. The summed E-state index contributed by atoms with van der Waals surface area (Å²) in [4.78, 5) is 10.8. The van der Waals surface area contributed by atoms with Gasteiger partial charge in [0.1, 0.15) is 6.61 Å². The van der Waals surface area contributed by atoms with Crippen LogP contribution in [-0.2, 0) is 11.3 Å². The lowest BCUT2D eigenvalue weighted by atomic mass is 10.0. The van der Waals surface area contributed by atoms with Gasteiger partial charge in [0.15, 0.2) is 0 Å². The van der Waals surface area contributed by atoms with Gasteiger partial charge in [-0.2, -0.15) is 0 Å². The zero-order chi connectivity index (χ0) is 14.5. The molecule has 0 spiro atoms. The Labute approximate surface area is 118 Å². The van der Waals surface area contributed by atoms with Gasteiger partial charge in [-0.25, -0.2) is 4.79 Å². The number of carboxylic acid groups (broad SMARTS) is 1. The fourth-order valence-corrected chi connectivity index (χ4v) is 1.81. The molecule has 0 bridgehead atoms. The predicted octanol–water partition coefficient (Wildman–Crippen LogP) is 4.10. The summed E-state index contributed by atoms with van der Waals surface area (Å²) in [6.07, 6.45) is 0. The van der Waals surface area contributed by atoms with E-state index in [4.69, 9.17) is 9.84 Å². The van der Waals surface area contributed by atoms with E-state index >= 15 is 0 Å². The second-order valence-corrected chi connectivity index (χ2v) is 4.57. The summed E-state index contributed by atoms with van der Waals surface area (Å²) < 4.78 is 5.36. The molecule has 0 aliphatic carbocycles. The van der Waals surface area contributed by atoms with Crippen molar-refractivity contribution in [3.8, 4) is 11.1 Å². The molecule has 102 valence electrons. The Morgan fingerprint density at radius 2 is 1.55 bits per heavy atom. The van der Waals surface area contributed by atoms with Crippen LogP contribution in [-0.4, -0.2) is 11.1 Å². The van der Waals surface area contributed by atoms with E-state index in [9.17, 15) is 4.79 Å². The third-order valence-corrected chi connectivity index (χ3v) is 2.90. The lowest BCUT2D eigenvalue weighted by Gasteiger charge is -2.07. The molecule has 2 aromatic rings. The number of benzene rings is 2. The molecule has 0 aliphatic heterocycles. The van der Waals surface area contributed by atoms with E-state index in [-0.39, 0.29) is 0 Å². The van der Waals surface area contributed by atoms with Gasteiger partial charge in [0.05, 0.1) is 11.3 Å². The molecule has 3 nitrogen and oxygen atoms in total. The molecule has 20 heavy (non-hydrogen) atoms. The van der Waals surface area contributed by atoms with Crippen molar-refractivity contribution in [3.63, 3.8) is 0 Å². The van der Waals surface area contributed by atoms with Crippen molar-refractivity contribution in [1.29, 1.82) is 0 Å². The normalized spacial score (nSPS) is 10.1. The van der Waals surface area contributed by atoms with Crippen molar-refractivity contribution in [2.24, 2.45) is 0 Å². The molecule has 0 unspecified atom stereocenters. The van der Waals surface area contributed by atoms with Crippen molar-refractivity contribution in [2.45, 2.75) is 13.5 Å². The summed E-state index contributed by atoms with van der Waals surface area (Å²) in [5.41, 5.74) is 3.39. The smallest absolute Gasteiger partial charge is 0.335 e. The van der Waals surface area contributed by atoms with E-state index in [0.717, 1.165) is 16.7 Å². The van der Waals surface area contributed by atoms with Gasteiger partial charge >= 0.3 is 5.97 Å². The molecule has 0 heterocycles. The largest absolute Gasteiger partial charge is 0.494 e. The highest BCUT2D eigenvalue weighted by molar-refractivity contribution is 5.88. The highest BCUT2D eigenvalue weighted by Crippen LogP contribution is 2.21. The van der Waals surface area contributed by atoms with Gasteiger partial charge in [-0.1, -0.05) is 43.0 Å². The second-order valence-electron chi connectivity index (χ2n) is 4.57. The number of rotatable bonds is 5. The Bertz CT molecular complexity index is 610. The number of allylic oxidation sites excluding steroid dienone is 1. The molecular weight excluding hydrogens is 252 g/mol. The van der Waals surface area contributed by atoms with Gasteiger partial charge in [0.25, 0.3) is 0 Å². The van der Waals surface area contributed by atoms with E-state index in [1.807, 2.05) is 43.3 Å². The molecule has 2 aromatic carbocycles. The van der Waals surface area contributed by atoms with Crippen LogP contribution in [0.25, 0.3) is 11.1 Å². The van der Waals surface area contributed by atoms with Crippen LogP contribution in [0, 0.1) is 0 Å². The van der Waals surface area contributed by atoms with Crippen LogP contribution in [0.3, 0.4) is 0 Å². The third kappa shape index (κ3) is 3.48. The molecule has 0 aliphatic rings. The first-order chi connectivity index (χ1) is 9.56. The number of hydrogen-bond donors (Lipinski definition) is 1. The number of carboxylic acids is 1. The summed E-state index contributed by atoms with van der Waals surface area (Å²) in [6.45, 7) is 6.01. The molecule has 0 fully saturated rings. The maximum absolute atomic E-state index is 10.8. The zero-order valence-electron chi connectivity index (χ0n) is 11.3. The highest BCUT2D eigenvalue weighted by atomic mass is 16.5. The summed E-state index contributed by atoms with van der Waals surface area (Å²) in [6, 6.07) is 14.8. The maximum Gasteiger partial charge on any atom is 0.335 e. The summed E-state index contributed by atoms with van der Waals surface area (Å²) >= 11 is 0. The molecule has 0 atom stereocenters. The number of aromatic carboxylic acids is 1. The van der Waals surface area contributed by atoms with Crippen LogP contribution in [0.5, 0.6) is 0 Å². The topological polar surface area (TPSA) is 46.5 Å². The Hall–Kier alpha value is -2.55. The van der Waals surface area contributed by atoms with Gasteiger partial charge in [0, 0.05) is 0 Å². The van der Waals surface area contributed by atoms with Gasteiger partial charge in [-0.05, 0) is 35.7 Å². The van der Waals surface area contributed by atoms with E-state index in [1.54, 1.807) is 12.1 Å². The van der Waals surface area contributed by atoms with Crippen LogP contribution in [0.1, 0.15) is 22.8 Å². The average Bonchev–Trinajstić information content (AvgIpc) is 2.46. The molecule has 0 saturated carbocycles. The van der Waals surface area contributed by atoms with E-state index < -0.39 is 5.97 Å². The minimum absolute atomic E-state index is 0.292. The van der Waals surface area contributed by atoms with Crippen molar-refractivity contribution >= 4 is 5.97 Å². The zero-order valence-corrected chi connectivity index (χ0v) is 11.3. The first-order valence-electron chi connectivity index (χ1n) is 6.27. The molecule has 1 N–H and O–H groups in total. The molecule has 3 heteroatoms. The lowest BCUT2D eigenvalue weighted by molar-refractivity contribution is 0.0697. The predicted molar refractivity (Wildman–Crippen MR) is 78.4 cm³/mol. The second kappa shape index (κ2) is 6.06. The Morgan fingerprint density at radius 3 is 2.00 bits per heavy atom. The number of carbonyl (C=O) groups is 1. The van der Waals surface area contributed by atoms with E-state index in [1.165, 1.54) is 0 Å². The van der Waals surface area contributed by atoms with Gasteiger partial charge in [-0.15, -0.1) is 0 Å². The monoisotopic (exact) mass is 268 g/mol. The van der Waals surface area contributed by atoms with Gasteiger partial charge in [-0.3, -0.25) is 0 Å². The Morgan fingerprint density at radius 1 is 1.05 bits per heavy atom. The van der Waals surface area contributed by atoms with Crippen molar-refractivity contribution in [2.75, 3.05) is 0 Å². The standard InChI is InChI=1S/C17H16O3/c1-12(2)20-11-13-3-5-14(6-4-13)15-7-9-16(10-8-15)17(18)19/h3-10H,1,11H2,2H3,(H,18,19). The van der Waals surface area contributed by atoms with Crippen molar-refractivity contribution in [1.82, 2.24) is 0 Å². The van der Waals surface area contributed by atoms with Crippen LogP contribution < -0.4 is 0 Å². The maximum atomic E-state index is 10.8. The van der Waals surface area contributed by atoms with Crippen LogP contribution in [0.15, 0.2) is 60.9 Å². The highest BCUT2D eigenvalue weighted by Gasteiger charge is 2.03. The van der Waals surface area contributed by atoms with Gasteiger partial charge in [0.2, 0.25) is 0 Å². The van der Waals surface area contributed by atoms with Crippen molar-refractivity contribution in [3.05, 3.63) is 72.0 Å². The molecule has 0 radical (unpaired) electrons. The minimum Gasteiger partial charge on any atom is -0.494 e. The Kier molecular flexibility index (Phi) is 4.20. The quantitative estimate of drug-likeness (QED) is 0.830. The van der Waals surface area contributed by atoms with Crippen molar-refractivity contribution < 1.29 is 14.6 Å². The summed E-state index contributed by atoms with van der Waals surface area (Å²) in [7, 11) is 0. The first-order valence-corrected chi connectivity index (χ1v) is 6.27. The van der Waals surface area contributed by atoms with Gasteiger partial charge < -0.3 is 9.84 Å². The molecule has 0 saturated heterocycles. The number of ether oxygens (including phenoxy) is 1. The van der Waals surface area contributed by atoms with Crippen LogP contribution in [0.4, 0.5) is 0 Å². The molecular formula is C17H16O3. The Balaban J connectivity index is 2.13. The molecule has 0 amide bonds. The van der Waals surface area contributed by atoms with Crippen LogP contribution in [0.2, 0.25) is 0 Å².